The number of rotatable bonds is 10. The number of thioether (sulfide) groups is 1. The number of hydrogen-bond acceptors (Lipinski definition) is 10. The molecular weight excluding hydrogens is 494 g/mol. The van der Waals surface area contributed by atoms with Crippen LogP contribution in [-0.4, -0.2) is 83.4 Å². The molecule has 10 nitrogen and oxygen atoms in total. The molecule has 194 valence electrons. The third-order valence-corrected chi connectivity index (χ3v) is 5.04. The fraction of sp³-hybridized carbons (Fsp3) is 0.565. The van der Waals surface area contributed by atoms with Gasteiger partial charge in [0.25, 0.3) is 0 Å². The molecule has 13 heteroatoms. The van der Waals surface area contributed by atoms with Gasteiger partial charge in [-0.1, -0.05) is 29.9 Å². The maximum Gasteiger partial charge on any atom is 0.191 e. The van der Waals surface area contributed by atoms with Gasteiger partial charge >= 0.3 is 0 Å². The third-order valence-electron chi connectivity index (χ3n) is 4.48. The zero-order chi connectivity index (χ0) is 45.0. The van der Waals surface area contributed by atoms with Crippen LogP contribution in [-0.2, 0) is 4.74 Å². The predicted octanol–water partition coefficient (Wildman–Crippen LogP) is 2.01. The predicted molar refractivity (Wildman–Crippen MR) is 128 cm³/mol. The Morgan fingerprint density at radius 1 is 1.33 bits per heavy atom. The normalized spacial score (nSPS) is 53.1. The number of halogens is 2. The molecule has 5 rings (SSSR count). The van der Waals surface area contributed by atoms with E-state index in [0.29, 0.717) is 0 Å². The Morgan fingerprint density at radius 2 is 2.19 bits per heavy atom. The van der Waals surface area contributed by atoms with E-state index < -0.39 is 150 Å². The van der Waals surface area contributed by atoms with Gasteiger partial charge in [0, 0.05) is 40.4 Å². The van der Waals surface area contributed by atoms with Crippen LogP contribution in [0.15, 0.2) is 23.3 Å². The molecule has 2 heterocycles. The summed E-state index contributed by atoms with van der Waals surface area (Å²) < 4.78 is 214. The molecule has 36 heavy (non-hydrogen) atoms. The van der Waals surface area contributed by atoms with Crippen LogP contribution >= 0.6 is 11.8 Å². The molecule has 2 saturated carbocycles. The Morgan fingerprint density at radius 3 is 3.00 bits per heavy atom. The van der Waals surface area contributed by atoms with E-state index in [-0.39, 0.29) is 4.68 Å². The maximum atomic E-state index is 14.7. The van der Waals surface area contributed by atoms with E-state index in [9.17, 15) is 24.1 Å². The van der Waals surface area contributed by atoms with E-state index in [0.717, 1.165) is 0 Å². The van der Waals surface area contributed by atoms with Crippen LogP contribution in [0.2, 0.25) is 0 Å². The minimum Gasteiger partial charge on any atom is -0.394 e. The second-order valence-corrected chi connectivity index (χ2v) is 7.41. The smallest absolute Gasteiger partial charge is 0.191 e. The minimum atomic E-state index is -4.45. The van der Waals surface area contributed by atoms with Gasteiger partial charge in [-0.05, 0) is 30.4 Å². The molecule has 2 fully saturated rings. The summed E-state index contributed by atoms with van der Waals surface area (Å²) in [6, 6.07) is -12.1. The van der Waals surface area contributed by atoms with E-state index in [2.05, 4.69) is 25.0 Å². The Bertz CT molecular complexity index is 2190. The standard InChI is InChI=1S/C23H28F2N6O4S/c1-2-7-36-23-27-21(26-15-9-12(15)11-3-4-13(24)14(25)8-11)18-22(28-23)31(30-29-18)16-10-17(35-6-5-32)20(34)19(16)33/h3-4,8,12,15-17,19-20,32-34H,2,5-7,9-10H2,1H3,(H,26,27,28)/t12?,15-,16+,17-,19-,20+/m0/s1/i1D3,2D2,3D,4D,6D2,7D2,8D,9D2,10D2,12D,15D,16D,17D,19D,20D. The van der Waals surface area contributed by atoms with E-state index in [1.54, 1.807) is 0 Å². The number of ether oxygens (including phenoxy) is 1. The zero-order valence-electron chi connectivity index (χ0n) is 39.4. The van der Waals surface area contributed by atoms with Gasteiger partial charge in [-0.3, -0.25) is 0 Å². The molecule has 2 aliphatic rings. The number of anilines is 1. The van der Waals surface area contributed by atoms with Crippen LogP contribution < -0.4 is 5.32 Å². The van der Waals surface area contributed by atoms with Crippen molar-refractivity contribution in [1.82, 2.24) is 25.0 Å². The average molecular weight is 545 g/mol. The van der Waals surface area contributed by atoms with Gasteiger partial charge in [-0.15, -0.1) is 5.10 Å². The quantitative estimate of drug-likeness (QED) is 0.221. The van der Waals surface area contributed by atoms with Crippen molar-refractivity contribution in [3.63, 3.8) is 0 Å². The highest BCUT2D eigenvalue weighted by molar-refractivity contribution is 7.99. The second-order valence-electron chi connectivity index (χ2n) is 6.64. The van der Waals surface area contributed by atoms with Crippen molar-refractivity contribution in [2.75, 3.05) is 24.2 Å². The van der Waals surface area contributed by atoms with Gasteiger partial charge in [-0.25, -0.2) is 23.4 Å². The number of benzene rings is 1. The molecule has 6 atom stereocenters. The maximum absolute atomic E-state index is 14.7. The van der Waals surface area contributed by atoms with Crippen molar-refractivity contribution in [2.24, 2.45) is 0 Å². The summed E-state index contributed by atoms with van der Waals surface area (Å²) in [4.78, 5) is 7.56. The lowest BCUT2D eigenvalue weighted by Gasteiger charge is -2.17. The summed E-state index contributed by atoms with van der Waals surface area (Å²) in [6.45, 7) is -8.92. The highest BCUT2D eigenvalue weighted by atomic mass is 32.2. The van der Waals surface area contributed by atoms with E-state index in [1.807, 2.05) is 5.32 Å². The number of aliphatic hydroxyl groups is 3. The Hall–Kier alpha value is -2.45. The summed E-state index contributed by atoms with van der Waals surface area (Å²) in [7, 11) is 0. The number of fused-ring (bicyclic) bond motifs is 1. The number of aliphatic hydroxyl groups excluding tert-OH is 1. The number of hydrogen-bond donors (Lipinski definition) is 4. The van der Waals surface area contributed by atoms with Gasteiger partial charge in [-0.2, -0.15) is 0 Å². The third kappa shape index (κ3) is 4.90. The first-order valence-corrected chi connectivity index (χ1v) is 10.3. The van der Waals surface area contributed by atoms with Crippen LogP contribution in [0, 0.1) is 11.6 Å². The molecule has 4 N–H and O–H groups in total. The lowest BCUT2D eigenvalue weighted by atomic mass is 10.1. The Balaban J connectivity index is 1.82. The molecule has 0 aliphatic heterocycles. The van der Waals surface area contributed by atoms with Crippen molar-refractivity contribution in [1.29, 1.82) is 0 Å². The Labute approximate surface area is 241 Å². The molecule has 0 radical (unpaired) electrons. The topological polar surface area (TPSA) is 138 Å². The monoisotopic (exact) mass is 544 g/mol. The number of aromatic nitrogens is 5. The van der Waals surface area contributed by atoms with Gasteiger partial charge < -0.3 is 25.4 Å². The Kier molecular flexibility index (Phi) is 2.92. The van der Waals surface area contributed by atoms with Crippen LogP contribution in [0.25, 0.3) is 11.2 Å². The van der Waals surface area contributed by atoms with E-state index in [1.165, 1.54) is 0 Å². The van der Waals surface area contributed by atoms with Crippen molar-refractivity contribution in [3.05, 3.63) is 35.3 Å². The van der Waals surface area contributed by atoms with Gasteiger partial charge in [0.05, 0.1) is 39.0 Å². The fourth-order valence-corrected chi connectivity index (χ4v) is 3.32. The molecule has 1 unspecified atom stereocenters. The SMILES string of the molecule is [2H]c1c([2H])c(C2([2H])C([2H])([2H])[C@]2([2H])Nc2nc(SC([2H])([2H])C([2H])([2H])C([2H])([2H])[2H])nc3c2nnn3[C@]2([2H])C([2H])([2H])[C@]([2H])(OC([2H])([2H])CO)[C@@]([2H])(O)[C@@]2([2H])O)c([2H])c(F)c1F. The minimum absolute atomic E-state index is 0.258. The summed E-state index contributed by atoms with van der Waals surface area (Å²) in [5, 5.41) is 39.5. The fourth-order valence-electron chi connectivity index (χ4n) is 2.91. The van der Waals surface area contributed by atoms with Crippen molar-refractivity contribution < 1.29 is 59.0 Å². The zero-order valence-corrected chi connectivity index (χ0v) is 18.2. The molecular formula is C23H28F2N6O4S. The molecule has 2 aromatic heterocycles. The average Bonchev–Trinajstić information content (AvgIpc) is 3.35. The molecule has 0 saturated heterocycles. The van der Waals surface area contributed by atoms with Crippen LogP contribution in [0.5, 0.6) is 0 Å². The lowest BCUT2D eigenvalue weighted by Crippen LogP contribution is -2.33. The molecule has 3 aromatic rings. The van der Waals surface area contributed by atoms with Crippen molar-refractivity contribution >= 4 is 28.7 Å². The highest BCUT2D eigenvalue weighted by Gasteiger charge is 2.45. The van der Waals surface area contributed by atoms with E-state index in [4.69, 9.17) is 30.2 Å². The molecule has 0 amide bonds. The summed E-state index contributed by atoms with van der Waals surface area (Å²) in [5.41, 5.74) is -7.29. The molecule has 0 bridgehead atoms. The second kappa shape index (κ2) is 10.5. The van der Waals surface area contributed by atoms with Gasteiger partial charge in [0.15, 0.2) is 33.8 Å². The van der Waals surface area contributed by atoms with E-state index >= 15 is 0 Å². The summed E-state index contributed by atoms with van der Waals surface area (Å²) in [5.74, 6) is -8.64. The van der Waals surface area contributed by atoms with Gasteiger partial charge in [0.2, 0.25) is 0 Å². The molecule has 2 aliphatic carbocycles. The largest absolute Gasteiger partial charge is 0.394 e. The van der Waals surface area contributed by atoms with Crippen LogP contribution in [0.1, 0.15) is 73.6 Å². The first-order valence-electron chi connectivity index (χ1n) is 20.5. The van der Waals surface area contributed by atoms with Crippen molar-refractivity contribution in [3.8, 4) is 0 Å². The first kappa shape index (κ1) is 10.0. The highest BCUT2D eigenvalue weighted by Crippen LogP contribution is 2.44. The number of nitrogens with zero attached hydrogens (tertiary/aromatic N) is 5. The van der Waals surface area contributed by atoms with Crippen molar-refractivity contribution in [2.45, 2.75) is 67.3 Å². The molecule has 0 spiro atoms. The number of nitrogens with one attached hydrogen (secondary N) is 1. The molecule has 1 aromatic carbocycles. The van der Waals surface area contributed by atoms with Gasteiger partial charge in [0.1, 0.15) is 12.2 Å². The van der Waals surface area contributed by atoms with Crippen LogP contribution in [0.3, 0.4) is 0 Å². The summed E-state index contributed by atoms with van der Waals surface area (Å²) in [6.07, 6.45) is -24.6. The summed E-state index contributed by atoms with van der Waals surface area (Å²) >= 11 is -0.475. The lowest BCUT2D eigenvalue weighted by molar-refractivity contribution is -0.0629. The first-order chi connectivity index (χ1) is 25.7. The van der Waals surface area contributed by atoms with Crippen LogP contribution in [0.4, 0.5) is 14.6 Å².